The van der Waals surface area contributed by atoms with Crippen molar-refractivity contribution < 1.29 is 14.5 Å². The van der Waals surface area contributed by atoms with Gasteiger partial charge in [0.25, 0.3) is 5.69 Å². The SMILES string of the molecule is CC[C@H](C)N1C(=O)[C@]2(Cc3cc([N+](=O)[O-])ccc3N3CCCC[C@H]32)C(=O)NC1=S. The number of carbonyl (C=O) groups is 2. The summed E-state index contributed by atoms with van der Waals surface area (Å²) in [5, 5.41) is 14.2. The predicted octanol–water partition coefficient (Wildman–Crippen LogP) is 2.54. The highest BCUT2D eigenvalue weighted by atomic mass is 32.1. The van der Waals surface area contributed by atoms with Crippen LogP contribution in [-0.4, -0.2) is 45.4 Å². The van der Waals surface area contributed by atoms with Crippen molar-refractivity contribution in [1.82, 2.24) is 10.2 Å². The van der Waals surface area contributed by atoms with Gasteiger partial charge in [-0.25, -0.2) is 0 Å². The Bertz CT molecular complexity index is 920. The maximum atomic E-state index is 13.8. The molecule has 29 heavy (non-hydrogen) atoms. The standard InChI is InChI=1S/C20H24N4O4S/c1-3-12(2)23-18(26)20(17(25)21-19(23)29)11-13-10-14(24(27)28)7-8-15(13)22-9-5-4-6-16(20)22/h7-8,10,12,16H,3-6,9,11H2,1-2H3,(H,21,25,29)/t12-,16-,20-/m0/s1. The maximum absolute atomic E-state index is 13.8. The molecule has 3 aliphatic heterocycles. The second kappa shape index (κ2) is 7.05. The quantitative estimate of drug-likeness (QED) is 0.352. The van der Waals surface area contributed by atoms with Crippen LogP contribution in [0.4, 0.5) is 11.4 Å². The fourth-order valence-electron chi connectivity index (χ4n) is 4.96. The van der Waals surface area contributed by atoms with Crippen LogP contribution in [0, 0.1) is 15.5 Å². The van der Waals surface area contributed by atoms with Crippen molar-refractivity contribution in [3.63, 3.8) is 0 Å². The molecule has 0 radical (unpaired) electrons. The van der Waals surface area contributed by atoms with E-state index in [0.717, 1.165) is 24.9 Å². The highest BCUT2D eigenvalue weighted by molar-refractivity contribution is 7.80. The van der Waals surface area contributed by atoms with Crippen LogP contribution < -0.4 is 10.2 Å². The molecule has 0 bridgehead atoms. The van der Waals surface area contributed by atoms with Gasteiger partial charge >= 0.3 is 0 Å². The van der Waals surface area contributed by atoms with E-state index < -0.39 is 10.3 Å². The molecule has 1 spiro atoms. The molecule has 0 saturated carbocycles. The van der Waals surface area contributed by atoms with Gasteiger partial charge in [0.05, 0.1) is 11.0 Å². The van der Waals surface area contributed by atoms with Crippen molar-refractivity contribution in [3.05, 3.63) is 33.9 Å². The molecule has 2 saturated heterocycles. The summed E-state index contributed by atoms with van der Waals surface area (Å²) >= 11 is 5.33. The number of piperidine rings is 1. The fraction of sp³-hybridized carbons (Fsp3) is 0.550. The van der Waals surface area contributed by atoms with Crippen LogP contribution in [0.25, 0.3) is 0 Å². The van der Waals surface area contributed by atoms with Gasteiger partial charge in [0.2, 0.25) is 11.8 Å². The Morgan fingerprint density at radius 1 is 1.38 bits per heavy atom. The number of thiocarbonyl (C=S) groups is 1. The third kappa shape index (κ3) is 2.82. The lowest BCUT2D eigenvalue weighted by Crippen LogP contribution is -2.73. The Kier molecular flexibility index (Phi) is 4.80. The average Bonchev–Trinajstić information content (AvgIpc) is 2.71. The molecule has 3 aliphatic rings. The summed E-state index contributed by atoms with van der Waals surface area (Å²) in [6, 6.07) is 4.32. The van der Waals surface area contributed by atoms with Crippen LogP contribution in [0.2, 0.25) is 0 Å². The maximum Gasteiger partial charge on any atom is 0.269 e. The monoisotopic (exact) mass is 416 g/mol. The van der Waals surface area contributed by atoms with E-state index >= 15 is 0 Å². The van der Waals surface area contributed by atoms with Gasteiger partial charge in [-0.2, -0.15) is 0 Å². The normalized spacial score (nSPS) is 27.4. The van der Waals surface area contributed by atoms with Gasteiger partial charge in [0.15, 0.2) is 10.5 Å². The second-order valence-corrected chi connectivity index (χ2v) is 8.50. The van der Waals surface area contributed by atoms with Crippen molar-refractivity contribution >= 4 is 40.5 Å². The van der Waals surface area contributed by atoms with E-state index in [1.54, 1.807) is 6.07 Å². The molecule has 1 aromatic carbocycles. The number of anilines is 1. The minimum Gasteiger partial charge on any atom is -0.367 e. The molecule has 8 nitrogen and oxygen atoms in total. The Hall–Kier alpha value is -2.55. The van der Waals surface area contributed by atoms with Crippen LogP contribution in [0.1, 0.15) is 45.1 Å². The highest BCUT2D eigenvalue weighted by Gasteiger charge is 2.61. The van der Waals surface area contributed by atoms with E-state index in [4.69, 9.17) is 12.2 Å². The molecule has 3 heterocycles. The van der Waals surface area contributed by atoms with E-state index in [0.29, 0.717) is 18.5 Å². The summed E-state index contributed by atoms with van der Waals surface area (Å²) < 4.78 is 0. The van der Waals surface area contributed by atoms with Gasteiger partial charge < -0.3 is 10.2 Å². The Balaban J connectivity index is 1.88. The van der Waals surface area contributed by atoms with E-state index in [9.17, 15) is 19.7 Å². The number of nitro benzene ring substituents is 1. The largest absolute Gasteiger partial charge is 0.367 e. The van der Waals surface area contributed by atoms with Crippen molar-refractivity contribution in [2.24, 2.45) is 5.41 Å². The lowest BCUT2D eigenvalue weighted by molar-refractivity contribution is -0.384. The molecule has 9 heteroatoms. The smallest absolute Gasteiger partial charge is 0.269 e. The summed E-state index contributed by atoms with van der Waals surface area (Å²) in [6.45, 7) is 4.59. The summed E-state index contributed by atoms with van der Waals surface area (Å²) in [5.41, 5.74) is 0.189. The lowest BCUT2D eigenvalue weighted by atomic mass is 9.66. The van der Waals surface area contributed by atoms with Crippen molar-refractivity contribution in [1.29, 1.82) is 0 Å². The van der Waals surface area contributed by atoms with Crippen LogP contribution in [0.15, 0.2) is 18.2 Å². The van der Waals surface area contributed by atoms with Crippen LogP contribution in [0.3, 0.4) is 0 Å². The first-order valence-corrected chi connectivity index (χ1v) is 10.4. The number of hydrogen-bond acceptors (Lipinski definition) is 6. The van der Waals surface area contributed by atoms with Crippen molar-refractivity contribution in [3.8, 4) is 0 Å². The molecular weight excluding hydrogens is 392 g/mol. The van der Waals surface area contributed by atoms with Gasteiger partial charge in [-0.3, -0.25) is 24.6 Å². The molecule has 4 rings (SSSR count). The third-order valence-corrected chi connectivity index (χ3v) is 6.90. The number of nitro groups is 1. The van der Waals surface area contributed by atoms with Gasteiger partial charge in [-0.05, 0) is 56.5 Å². The first-order chi connectivity index (χ1) is 13.8. The average molecular weight is 417 g/mol. The summed E-state index contributed by atoms with van der Waals surface area (Å²) in [6.07, 6.45) is 3.45. The summed E-state index contributed by atoms with van der Waals surface area (Å²) in [7, 11) is 0. The summed E-state index contributed by atoms with van der Waals surface area (Å²) in [5.74, 6) is -0.671. The van der Waals surface area contributed by atoms with Crippen molar-refractivity contribution in [2.45, 2.75) is 58.0 Å². The van der Waals surface area contributed by atoms with Crippen LogP contribution >= 0.6 is 12.2 Å². The molecule has 0 aromatic heterocycles. The highest BCUT2D eigenvalue weighted by Crippen LogP contribution is 2.48. The molecule has 0 unspecified atom stereocenters. The Morgan fingerprint density at radius 3 is 2.83 bits per heavy atom. The molecule has 1 aromatic rings. The van der Waals surface area contributed by atoms with Gasteiger partial charge in [0, 0.05) is 36.8 Å². The Morgan fingerprint density at radius 2 is 2.14 bits per heavy atom. The molecule has 3 atom stereocenters. The molecule has 154 valence electrons. The number of hydrogen-bond donors (Lipinski definition) is 1. The zero-order valence-electron chi connectivity index (χ0n) is 16.5. The summed E-state index contributed by atoms with van der Waals surface area (Å²) in [4.78, 5) is 41.7. The number of rotatable bonds is 3. The van der Waals surface area contributed by atoms with Gasteiger partial charge in [0.1, 0.15) is 0 Å². The zero-order chi connectivity index (χ0) is 20.9. The third-order valence-electron chi connectivity index (χ3n) is 6.60. The van der Waals surface area contributed by atoms with Gasteiger partial charge in [-0.15, -0.1) is 0 Å². The van der Waals surface area contributed by atoms with Crippen LogP contribution in [0.5, 0.6) is 0 Å². The number of amides is 2. The number of carbonyl (C=O) groups excluding carboxylic acids is 2. The minimum atomic E-state index is -1.33. The second-order valence-electron chi connectivity index (χ2n) is 8.11. The van der Waals surface area contributed by atoms with E-state index in [1.165, 1.54) is 17.0 Å². The molecule has 1 N–H and O–H groups in total. The first kappa shape index (κ1) is 19.8. The number of nitrogens with zero attached hydrogens (tertiary/aromatic N) is 3. The number of non-ortho nitro benzene ring substituents is 1. The zero-order valence-corrected chi connectivity index (χ0v) is 17.3. The van der Waals surface area contributed by atoms with E-state index in [2.05, 4.69) is 10.2 Å². The molecule has 2 amide bonds. The number of benzene rings is 1. The topological polar surface area (TPSA) is 95.8 Å². The lowest BCUT2D eigenvalue weighted by Gasteiger charge is -2.54. The van der Waals surface area contributed by atoms with E-state index in [-0.39, 0.29) is 41.1 Å². The number of nitrogens with one attached hydrogen (secondary N) is 1. The number of fused-ring (bicyclic) bond motifs is 4. The van der Waals surface area contributed by atoms with Gasteiger partial charge in [-0.1, -0.05) is 6.92 Å². The minimum absolute atomic E-state index is 0.0349. The van der Waals surface area contributed by atoms with Crippen molar-refractivity contribution in [2.75, 3.05) is 11.4 Å². The molecule has 0 aliphatic carbocycles. The van der Waals surface area contributed by atoms with E-state index in [1.807, 2.05) is 13.8 Å². The molecule has 2 fully saturated rings. The Labute approximate surface area is 174 Å². The first-order valence-electron chi connectivity index (χ1n) is 10.0. The molecular formula is C20H24N4O4S. The van der Waals surface area contributed by atoms with Crippen LogP contribution in [-0.2, 0) is 16.0 Å². The predicted molar refractivity (Wildman–Crippen MR) is 112 cm³/mol. The fourth-order valence-corrected chi connectivity index (χ4v) is 5.32.